The van der Waals surface area contributed by atoms with E-state index in [4.69, 9.17) is 18.9 Å². The summed E-state index contributed by atoms with van der Waals surface area (Å²) < 4.78 is 24.7. The van der Waals surface area contributed by atoms with E-state index >= 15 is 0 Å². The Bertz CT molecular complexity index is 1960. The Kier molecular flexibility index (Phi) is 12.7. The number of nitrogens with one attached hydrogen (secondary N) is 2. The molecule has 12 nitrogen and oxygen atoms in total. The van der Waals surface area contributed by atoms with E-state index in [1.165, 1.54) is 0 Å². The van der Waals surface area contributed by atoms with E-state index in [1.54, 1.807) is 57.2 Å². The largest absolute Gasteiger partial charge is 0.508 e. The van der Waals surface area contributed by atoms with Gasteiger partial charge in [0.15, 0.2) is 5.79 Å². The van der Waals surface area contributed by atoms with Crippen LogP contribution in [0.4, 0.5) is 0 Å². The van der Waals surface area contributed by atoms with Gasteiger partial charge in [-0.1, -0.05) is 72.8 Å². The number of ether oxygens (including phenoxy) is 4. The molecular weight excluding hydrogens is 716 g/mol. The number of esters is 2. The molecule has 3 aromatic carbocycles. The van der Waals surface area contributed by atoms with Gasteiger partial charge in [0.2, 0.25) is 11.8 Å². The van der Waals surface area contributed by atoms with Gasteiger partial charge in [-0.05, 0) is 74.1 Å². The molecule has 0 radical (unpaired) electrons. The molecule has 1 heterocycles. The summed E-state index contributed by atoms with van der Waals surface area (Å²) in [7, 11) is 0. The third-order valence-corrected chi connectivity index (χ3v) is 9.91. The lowest BCUT2D eigenvalue weighted by Gasteiger charge is -2.30. The quantitative estimate of drug-likeness (QED) is 0.166. The van der Waals surface area contributed by atoms with Crippen LogP contribution >= 0.6 is 0 Å². The lowest BCUT2D eigenvalue weighted by Crippen LogP contribution is -2.44. The summed E-state index contributed by atoms with van der Waals surface area (Å²) in [6.45, 7) is 4.94. The van der Waals surface area contributed by atoms with Crippen molar-refractivity contribution in [1.82, 2.24) is 10.6 Å². The average molecular weight is 767 g/mol. The first-order valence-corrected chi connectivity index (χ1v) is 19.1. The number of aliphatic hydroxyl groups is 1. The molecule has 3 aliphatic rings. The number of hydrogen-bond donors (Lipinski definition) is 4. The van der Waals surface area contributed by atoms with Gasteiger partial charge in [-0.2, -0.15) is 0 Å². The molecule has 296 valence electrons. The number of fused-ring (bicyclic) bond motifs is 2. The van der Waals surface area contributed by atoms with E-state index < -0.39 is 59.5 Å². The van der Waals surface area contributed by atoms with Gasteiger partial charge in [0.25, 0.3) is 0 Å². The SMILES string of the molecule is CC(C)(C)OC(=O)CC[C@@H](CO)NC(=O)CCNC(=O)C1=C[C@H]2OC3(Cc4ccccc4C3)O[C@H]2[C@H](OC(=O)c2ccccc2C=CCc2ccccc2O)C1. The number of phenols is 1. The van der Waals surface area contributed by atoms with Gasteiger partial charge in [0.05, 0.1) is 18.2 Å². The number of aromatic hydroxyl groups is 1. The van der Waals surface area contributed by atoms with Crippen molar-refractivity contribution >= 4 is 29.8 Å². The van der Waals surface area contributed by atoms with Crippen LogP contribution < -0.4 is 10.6 Å². The highest BCUT2D eigenvalue weighted by Crippen LogP contribution is 2.45. The molecule has 12 heteroatoms. The van der Waals surface area contributed by atoms with Crippen LogP contribution in [-0.2, 0) is 52.6 Å². The topological polar surface area (TPSA) is 170 Å². The second-order valence-corrected chi connectivity index (χ2v) is 15.4. The van der Waals surface area contributed by atoms with E-state index in [2.05, 4.69) is 10.6 Å². The Labute approximate surface area is 326 Å². The molecule has 1 saturated heterocycles. The number of carbonyl (C=O) groups is 4. The van der Waals surface area contributed by atoms with E-state index in [0.717, 1.165) is 16.7 Å². The van der Waals surface area contributed by atoms with Crippen molar-refractivity contribution in [2.75, 3.05) is 13.2 Å². The minimum atomic E-state index is -0.972. The van der Waals surface area contributed by atoms with E-state index in [9.17, 15) is 29.4 Å². The Balaban J connectivity index is 1.11. The zero-order valence-corrected chi connectivity index (χ0v) is 32.0. The number of hydrogen-bond acceptors (Lipinski definition) is 10. The number of allylic oxidation sites excluding steroid dienone is 1. The first-order chi connectivity index (χ1) is 26.8. The maximum atomic E-state index is 13.9. The smallest absolute Gasteiger partial charge is 0.339 e. The highest BCUT2D eigenvalue weighted by molar-refractivity contribution is 5.95. The molecule has 2 amide bonds. The monoisotopic (exact) mass is 766 g/mol. The van der Waals surface area contributed by atoms with Crippen molar-refractivity contribution < 1.29 is 48.3 Å². The molecule has 2 aliphatic carbocycles. The molecule has 6 rings (SSSR count). The number of amides is 2. The minimum absolute atomic E-state index is 0.00183. The maximum absolute atomic E-state index is 13.9. The number of phenolic OH excluding ortho intramolecular Hbond substituents is 1. The number of benzene rings is 3. The summed E-state index contributed by atoms with van der Waals surface area (Å²) in [5.74, 6) is -2.63. The van der Waals surface area contributed by atoms with Crippen molar-refractivity contribution in [1.29, 1.82) is 0 Å². The fraction of sp³-hybridized carbons (Fsp3) is 0.409. The van der Waals surface area contributed by atoms with E-state index in [1.807, 2.05) is 54.6 Å². The molecule has 56 heavy (non-hydrogen) atoms. The lowest BCUT2D eigenvalue weighted by atomic mass is 9.91. The summed E-state index contributed by atoms with van der Waals surface area (Å²) in [5.41, 5.74) is 3.63. The summed E-state index contributed by atoms with van der Waals surface area (Å²) in [4.78, 5) is 52.3. The van der Waals surface area contributed by atoms with E-state index in [-0.39, 0.29) is 44.6 Å². The van der Waals surface area contributed by atoms with Crippen LogP contribution in [-0.4, -0.2) is 82.9 Å². The van der Waals surface area contributed by atoms with Crippen LogP contribution in [0.5, 0.6) is 5.75 Å². The molecule has 1 aliphatic heterocycles. The fourth-order valence-electron chi connectivity index (χ4n) is 7.28. The summed E-state index contributed by atoms with van der Waals surface area (Å²) >= 11 is 0. The molecule has 0 saturated carbocycles. The second-order valence-electron chi connectivity index (χ2n) is 15.4. The predicted octanol–water partition coefficient (Wildman–Crippen LogP) is 4.89. The number of para-hydroxylation sites is 1. The molecule has 0 unspecified atom stereocenters. The number of carbonyl (C=O) groups excluding carboxylic acids is 4. The van der Waals surface area contributed by atoms with Crippen molar-refractivity contribution in [2.24, 2.45) is 0 Å². The van der Waals surface area contributed by atoms with Crippen LogP contribution in [0.2, 0.25) is 0 Å². The second kappa shape index (κ2) is 17.7. The number of aliphatic hydroxyl groups excluding tert-OH is 1. The molecule has 3 aromatic rings. The van der Waals surface area contributed by atoms with Crippen molar-refractivity contribution in [3.05, 3.63) is 118 Å². The molecule has 1 spiro atoms. The van der Waals surface area contributed by atoms with Gasteiger partial charge in [0.1, 0.15) is 29.7 Å². The molecule has 4 atom stereocenters. The zero-order valence-electron chi connectivity index (χ0n) is 32.0. The Morgan fingerprint density at radius 2 is 1.64 bits per heavy atom. The fourth-order valence-corrected chi connectivity index (χ4v) is 7.28. The molecule has 0 bridgehead atoms. The van der Waals surface area contributed by atoms with Crippen molar-refractivity contribution in [3.63, 3.8) is 0 Å². The summed E-state index contributed by atoms with van der Waals surface area (Å²) in [6, 6.07) is 21.5. The summed E-state index contributed by atoms with van der Waals surface area (Å²) in [6.07, 6.45) is 4.89. The van der Waals surface area contributed by atoms with Crippen molar-refractivity contribution in [2.45, 2.75) is 101 Å². The molecule has 0 aromatic heterocycles. The first kappa shape index (κ1) is 40.4. The van der Waals surface area contributed by atoms with Gasteiger partial charge in [-0.3, -0.25) is 14.4 Å². The minimum Gasteiger partial charge on any atom is -0.508 e. The first-order valence-electron chi connectivity index (χ1n) is 19.1. The van der Waals surface area contributed by atoms with Crippen LogP contribution in [0.1, 0.15) is 79.1 Å². The molecular formula is C44H50N2O10. The van der Waals surface area contributed by atoms with Crippen molar-refractivity contribution in [3.8, 4) is 5.75 Å². The van der Waals surface area contributed by atoms with Crippen LogP contribution in [0, 0.1) is 0 Å². The predicted molar refractivity (Wildman–Crippen MR) is 207 cm³/mol. The number of rotatable bonds is 14. The maximum Gasteiger partial charge on any atom is 0.339 e. The average Bonchev–Trinajstić information content (AvgIpc) is 3.71. The highest BCUT2D eigenvalue weighted by Gasteiger charge is 2.55. The normalized spacial score (nSPS) is 20.1. The zero-order chi connectivity index (χ0) is 39.9. The molecule has 1 fully saturated rings. The van der Waals surface area contributed by atoms with Crippen LogP contribution in [0.25, 0.3) is 6.08 Å². The van der Waals surface area contributed by atoms with Crippen LogP contribution in [0.15, 0.2) is 90.5 Å². The molecule has 4 N–H and O–H groups in total. The standard InChI is InChI=1S/C44H50N2O10/c1-43(2,3)55-39(50)20-19-33(27-47)46-38(49)21-22-45-41(51)32-23-36(40-37(24-32)54-44(56-40)25-30-13-4-5-14-31(30)26-44)53-42(52)34-17-8-6-11-28(34)15-10-16-29-12-7-9-18-35(29)48/h4-15,17-18,24,33,36-37,40,47-48H,16,19-23,25-27H2,1-3H3,(H,45,51)(H,46,49)/t33-,36+,37+,40-/m0/s1. The highest BCUT2D eigenvalue weighted by atomic mass is 16.8. The Morgan fingerprint density at radius 1 is 0.946 bits per heavy atom. The third kappa shape index (κ3) is 10.3. The van der Waals surface area contributed by atoms with Gasteiger partial charge in [-0.25, -0.2) is 4.79 Å². The lowest BCUT2D eigenvalue weighted by molar-refractivity contribution is -0.172. The summed E-state index contributed by atoms with van der Waals surface area (Å²) in [5, 5.41) is 25.4. The van der Waals surface area contributed by atoms with Gasteiger partial charge < -0.3 is 39.8 Å². The Morgan fingerprint density at radius 3 is 2.36 bits per heavy atom. The third-order valence-electron chi connectivity index (χ3n) is 9.91. The van der Waals surface area contributed by atoms with Gasteiger partial charge in [0, 0.05) is 44.2 Å². The Hall–Kier alpha value is -5.30. The van der Waals surface area contributed by atoms with E-state index in [0.29, 0.717) is 36.0 Å². The van der Waals surface area contributed by atoms with Crippen LogP contribution in [0.3, 0.4) is 0 Å². The van der Waals surface area contributed by atoms with Gasteiger partial charge in [-0.15, -0.1) is 0 Å². The van der Waals surface area contributed by atoms with Gasteiger partial charge >= 0.3 is 11.9 Å².